The first-order valence-corrected chi connectivity index (χ1v) is 6.97. The van der Waals surface area contributed by atoms with E-state index >= 15 is 0 Å². The molecule has 0 aliphatic carbocycles. The molecule has 0 aromatic heterocycles. The lowest BCUT2D eigenvalue weighted by Gasteiger charge is -2.23. The molecule has 1 rings (SSSR count). The van der Waals surface area contributed by atoms with E-state index in [4.69, 9.17) is 15.3 Å². The molecule has 21 heavy (non-hydrogen) atoms. The molecule has 118 valence electrons. The summed E-state index contributed by atoms with van der Waals surface area (Å²) in [6.07, 6.45) is 0.287. The van der Waals surface area contributed by atoms with Crippen LogP contribution in [0.3, 0.4) is 0 Å². The quantitative estimate of drug-likeness (QED) is 0.369. The fourth-order valence-electron chi connectivity index (χ4n) is 2.06. The number of hydrogen-bond acceptors (Lipinski definition) is 5. The molecule has 0 fully saturated rings. The summed E-state index contributed by atoms with van der Waals surface area (Å²) in [6, 6.07) is 7.89. The van der Waals surface area contributed by atoms with Crippen molar-refractivity contribution in [3.05, 3.63) is 35.4 Å². The molecule has 3 N–H and O–H groups in total. The highest BCUT2D eigenvalue weighted by Crippen LogP contribution is 2.12. The van der Waals surface area contributed by atoms with E-state index in [1.165, 1.54) is 0 Å². The summed E-state index contributed by atoms with van der Waals surface area (Å²) in [5.74, 6) is 4.97. The van der Waals surface area contributed by atoms with Crippen molar-refractivity contribution in [2.45, 2.75) is 13.0 Å². The average molecular weight is 295 g/mol. The zero-order chi connectivity index (χ0) is 15.5. The van der Waals surface area contributed by atoms with Gasteiger partial charge in [0.15, 0.2) is 0 Å². The molecule has 0 aliphatic heterocycles. The third kappa shape index (κ3) is 6.68. The Labute approximate surface area is 126 Å². The number of rotatable bonds is 10. The number of nitrogens with one attached hydrogen (secondary N) is 1. The summed E-state index contributed by atoms with van der Waals surface area (Å²) in [5, 5.41) is 0. The standard InChI is InChI=1S/C15H25N3O3/c1-20-9-7-18(8-10-21-2)12-14-6-4-3-5-13(14)11-15(19)17-16/h3-6H,7-12,16H2,1-2H3,(H,17,19). The highest BCUT2D eigenvalue weighted by atomic mass is 16.5. The maximum absolute atomic E-state index is 11.5. The lowest BCUT2D eigenvalue weighted by atomic mass is 10.0. The Morgan fingerprint density at radius 3 is 2.24 bits per heavy atom. The Morgan fingerprint density at radius 2 is 1.71 bits per heavy atom. The van der Waals surface area contributed by atoms with Crippen molar-refractivity contribution in [3.8, 4) is 0 Å². The number of nitrogens with zero attached hydrogens (tertiary/aromatic N) is 1. The largest absolute Gasteiger partial charge is 0.383 e. The van der Waals surface area contributed by atoms with Gasteiger partial charge in [-0.25, -0.2) is 5.84 Å². The van der Waals surface area contributed by atoms with E-state index in [9.17, 15) is 4.79 Å². The van der Waals surface area contributed by atoms with Crippen LogP contribution >= 0.6 is 0 Å². The molecule has 0 unspecified atom stereocenters. The summed E-state index contributed by atoms with van der Waals surface area (Å²) in [4.78, 5) is 13.7. The minimum atomic E-state index is -0.192. The maximum atomic E-state index is 11.5. The van der Waals surface area contributed by atoms with Gasteiger partial charge in [0.05, 0.1) is 19.6 Å². The van der Waals surface area contributed by atoms with E-state index in [0.29, 0.717) is 13.2 Å². The van der Waals surface area contributed by atoms with E-state index in [1.54, 1.807) is 14.2 Å². The van der Waals surface area contributed by atoms with Crippen LogP contribution in [0.25, 0.3) is 0 Å². The number of hydrogen-bond donors (Lipinski definition) is 2. The number of hydrazine groups is 1. The van der Waals surface area contributed by atoms with Gasteiger partial charge in [0.1, 0.15) is 0 Å². The number of amides is 1. The summed E-state index contributed by atoms with van der Waals surface area (Å²) in [6.45, 7) is 3.71. The normalized spacial score (nSPS) is 10.9. The Morgan fingerprint density at radius 1 is 1.14 bits per heavy atom. The number of nitrogens with two attached hydrogens (primary N) is 1. The summed E-state index contributed by atoms with van der Waals surface area (Å²) >= 11 is 0. The molecule has 6 heteroatoms. The highest BCUT2D eigenvalue weighted by molar-refractivity contribution is 5.78. The van der Waals surface area contributed by atoms with Gasteiger partial charge in [0.25, 0.3) is 0 Å². The monoisotopic (exact) mass is 295 g/mol. The molecule has 0 saturated heterocycles. The molecule has 1 aromatic carbocycles. The van der Waals surface area contributed by atoms with Crippen molar-refractivity contribution in [3.63, 3.8) is 0 Å². The minimum Gasteiger partial charge on any atom is -0.383 e. The van der Waals surface area contributed by atoms with Crippen molar-refractivity contribution >= 4 is 5.91 Å². The number of benzene rings is 1. The second-order valence-electron chi connectivity index (χ2n) is 4.77. The summed E-state index contributed by atoms with van der Waals surface area (Å²) in [7, 11) is 3.38. The van der Waals surface area contributed by atoms with Gasteiger partial charge >= 0.3 is 0 Å². The van der Waals surface area contributed by atoms with Gasteiger partial charge in [-0.2, -0.15) is 0 Å². The van der Waals surface area contributed by atoms with Crippen molar-refractivity contribution in [1.29, 1.82) is 0 Å². The van der Waals surface area contributed by atoms with E-state index < -0.39 is 0 Å². The minimum absolute atomic E-state index is 0.192. The van der Waals surface area contributed by atoms with Crippen LogP contribution < -0.4 is 11.3 Å². The topological polar surface area (TPSA) is 76.8 Å². The van der Waals surface area contributed by atoms with E-state index in [0.717, 1.165) is 30.8 Å². The van der Waals surface area contributed by atoms with Gasteiger partial charge in [-0.05, 0) is 11.1 Å². The van der Waals surface area contributed by atoms with Crippen LogP contribution in [0.15, 0.2) is 24.3 Å². The molecule has 0 aliphatic rings. The third-order valence-electron chi connectivity index (χ3n) is 3.25. The maximum Gasteiger partial charge on any atom is 0.238 e. The van der Waals surface area contributed by atoms with Crippen molar-refractivity contribution < 1.29 is 14.3 Å². The molecule has 0 heterocycles. The fraction of sp³-hybridized carbons (Fsp3) is 0.533. The first kappa shape index (κ1) is 17.6. The first-order valence-electron chi connectivity index (χ1n) is 6.97. The molecule has 0 bridgehead atoms. The lowest BCUT2D eigenvalue weighted by Crippen LogP contribution is -2.33. The Kier molecular flexibility index (Phi) is 8.61. The summed E-state index contributed by atoms with van der Waals surface area (Å²) < 4.78 is 10.3. The van der Waals surface area contributed by atoms with Gasteiger partial charge in [-0.1, -0.05) is 24.3 Å². The lowest BCUT2D eigenvalue weighted by molar-refractivity contribution is -0.120. The predicted molar refractivity (Wildman–Crippen MR) is 81.5 cm³/mol. The van der Waals surface area contributed by atoms with Gasteiger partial charge in [0, 0.05) is 33.9 Å². The van der Waals surface area contributed by atoms with E-state index in [1.807, 2.05) is 24.3 Å². The number of carbonyl (C=O) groups excluding carboxylic acids is 1. The van der Waals surface area contributed by atoms with Crippen LogP contribution in [0, 0.1) is 0 Å². The molecular formula is C15H25N3O3. The zero-order valence-corrected chi connectivity index (χ0v) is 12.8. The zero-order valence-electron chi connectivity index (χ0n) is 12.8. The summed E-state index contributed by atoms with van der Waals surface area (Å²) in [5.41, 5.74) is 4.28. The molecule has 1 aromatic rings. The van der Waals surface area contributed by atoms with Crippen molar-refractivity contribution in [2.75, 3.05) is 40.5 Å². The molecule has 1 amide bonds. The average Bonchev–Trinajstić information content (AvgIpc) is 2.51. The van der Waals surface area contributed by atoms with Crippen LogP contribution in [0.1, 0.15) is 11.1 Å². The van der Waals surface area contributed by atoms with Gasteiger partial charge < -0.3 is 9.47 Å². The van der Waals surface area contributed by atoms with E-state index in [2.05, 4.69) is 10.3 Å². The third-order valence-corrected chi connectivity index (χ3v) is 3.25. The number of carbonyl (C=O) groups is 1. The Bertz CT molecular complexity index is 418. The van der Waals surface area contributed by atoms with Gasteiger partial charge in [-0.15, -0.1) is 0 Å². The number of methoxy groups -OCH3 is 2. The van der Waals surface area contributed by atoms with E-state index in [-0.39, 0.29) is 12.3 Å². The first-order chi connectivity index (χ1) is 10.2. The smallest absolute Gasteiger partial charge is 0.238 e. The second kappa shape index (κ2) is 10.3. The molecule has 0 radical (unpaired) electrons. The molecule has 0 atom stereocenters. The SMILES string of the molecule is COCCN(CCOC)Cc1ccccc1CC(=O)NN. The van der Waals surface area contributed by atoms with Crippen LogP contribution in [0.4, 0.5) is 0 Å². The molecule has 6 nitrogen and oxygen atoms in total. The predicted octanol–water partition coefficient (Wildman–Crippen LogP) is 0.314. The van der Waals surface area contributed by atoms with Crippen LogP contribution in [0.2, 0.25) is 0 Å². The van der Waals surface area contributed by atoms with Crippen LogP contribution in [-0.2, 0) is 27.2 Å². The molecule has 0 saturated carbocycles. The van der Waals surface area contributed by atoms with Crippen molar-refractivity contribution in [1.82, 2.24) is 10.3 Å². The van der Waals surface area contributed by atoms with Crippen LogP contribution in [0.5, 0.6) is 0 Å². The van der Waals surface area contributed by atoms with Gasteiger partial charge in [-0.3, -0.25) is 15.1 Å². The molecular weight excluding hydrogens is 270 g/mol. The molecule has 0 spiro atoms. The van der Waals surface area contributed by atoms with Crippen LogP contribution in [-0.4, -0.2) is 51.3 Å². The second-order valence-corrected chi connectivity index (χ2v) is 4.77. The Balaban J connectivity index is 2.74. The highest BCUT2D eigenvalue weighted by Gasteiger charge is 2.11. The Hall–Kier alpha value is -1.47. The fourth-order valence-corrected chi connectivity index (χ4v) is 2.06. The van der Waals surface area contributed by atoms with Crippen molar-refractivity contribution in [2.24, 2.45) is 5.84 Å². The number of ether oxygens (including phenoxy) is 2. The van der Waals surface area contributed by atoms with Gasteiger partial charge in [0.2, 0.25) is 5.91 Å².